The molecule has 2 fully saturated rings. The summed E-state index contributed by atoms with van der Waals surface area (Å²) in [6.07, 6.45) is -0.855. The van der Waals surface area contributed by atoms with Gasteiger partial charge < -0.3 is 4.90 Å². The molecule has 0 saturated carbocycles. The molecule has 156 valence electrons. The molecule has 3 atom stereocenters. The van der Waals surface area contributed by atoms with Crippen molar-refractivity contribution in [1.29, 1.82) is 0 Å². The van der Waals surface area contributed by atoms with Crippen LogP contribution < -0.4 is 14.9 Å². The molecule has 0 unspecified atom stereocenters. The van der Waals surface area contributed by atoms with Crippen LogP contribution in [0.15, 0.2) is 84.9 Å². The van der Waals surface area contributed by atoms with Crippen LogP contribution in [-0.2, 0) is 14.4 Å². The van der Waals surface area contributed by atoms with Crippen LogP contribution in [0.25, 0.3) is 0 Å². The molecule has 2 aliphatic rings. The van der Waals surface area contributed by atoms with Crippen LogP contribution in [0, 0.1) is 5.92 Å². The lowest BCUT2D eigenvalue weighted by atomic mass is 9.90. The summed E-state index contributed by atoms with van der Waals surface area (Å²) in [5, 5.41) is 1.72. The zero-order valence-electron chi connectivity index (χ0n) is 17.4. The highest BCUT2D eigenvalue weighted by Crippen LogP contribution is 2.47. The lowest BCUT2D eigenvalue weighted by Crippen LogP contribution is -2.37. The first-order valence-electron chi connectivity index (χ1n) is 10.3. The maximum absolute atomic E-state index is 13.5. The summed E-state index contributed by atoms with van der Waals surface area (Å²) in [5.41, 5.74) is 3.37. The molecule has 6 heteroatoms. The van der Waals surface area contributed by atoms with Gasteiger partial charge in [-0.2, -0.15) is 0 Å². The first-order valence-corrected chi connectivity index (χ1v) is 10.3. The molecule has 3 aromatic carbocycles. The Kier molecular flexibility index (Phi) is 4.71. The Morgan fingerprint density at radius 1 is 0.742 bits per heavy atom. The van der Waals surface area contributed by atoms with Crippen LogP contribution >= 0.6 is 0 Å². The third-order valence-electron chi connectivity index (χ3n) is 5.89. The van der Waals surface area contributed by atoms with Crippen molar-refractivity contribution in [2.45, 2.75) is 12.1 Å². The van der Waals surface area contributed by atoms with E-state index >= 15 is 0 Å². The number of hydroxylamine groups is 1. The molecule has 0 spiro atoms. The van der Waals surface area contributed by atoms with Crippen LogP contribution in [0.5, 0.6) is 0 Å². The topological polar surface area (TPSA) is 53.1 Å². The summed E-state index contributed by atoms with van der Waals surface area (Å²) in [5.74, 6) is -1.19. The standard InChI is InChI=1S/C25H23N3O3/c1-26(2)18-15-13-17(14-16-18)22-21-23(31-28(22)20-11-7-4-8-12-20)25(30)27(24(21)29)19-9-5-3-6-10-19/h3-16,21-23H,1-2H3/t21-,22-,23-/m0/s1. The van der Waals surface area contributed by atoms with Crippen LogP contribution in [0.2, 0.25) is 0 Å². The number of hydrogen-bond donors (Lipinski definition) is 0. The molecule has 0 N–H and O–H groups in total. The van der Waals surface area contributed by atoms with E-state index in [-0.39, 0.29) is 11.8 Å². The Hall–Kier alpha value is -3.64. The highest BCUT2D eigenvalue weighted by atomic mass is 16.7. The molecule has 2 heterocycles. The minimum absolute atomic E-state index is 0.235. The van der Waals surface area contributed by atoms with E-state index in [4.69, 9.17) is 4.84 Å². The van der Waals surface area contributed by atoms with Crippen molar-refractivity contribution in [3.63, 3.8) is 0 Å². The SMILES string of the molecule is CN(C)c1ccc([C@H]2[C@@H]3C(=O)N(c4ccccc4)C(=O)[C@H]3ON2c2ccccc2)cc1. The summed E-state index contributed by atoms with van der Waals surface area (Å²) in [6.45, 7) is 0. The zero-order valence-corrected chi connectivity index (χ0v) is 17.4. The fraction of sp³-hybridized carbons (Fsp3) is 0.200. The van der Waals surface area contributed by atoms with Crippen molar-refractivity contribution in [3.8, 4) is 0 Å². The van der Waals surface area contributed by atoms with Gasteiger partial charge in [0.15, 0.2) is 6.10 Å². The van der Waals surface area contributed by atoms with Crippen molar-refractivity contribution in [3.05, 3.63) is 90.5 Å². The molecule has 0 bridgehead atoms. The Morgan fingerprint density at radius 2 is 1.32 bits per heavy atom. The summed E-state index contributed by atoms with van der Waals surface area (Å²) < 4.78 is 0. The Morgan fingerprint density at radius 3 is 1.90 bits per heavy atom. The maximum atomic E-state index is 13.5. The quantitative estimate of drug-likeness (QED) is 0.609. The highest BCUT2D eigenvalue weighted by Gasteiger charge is 2.60. The molecule has 0 aliphatic carbocycles. The van der Waals surface area contributed by atoms with E-state index in [1.54, 1.807) is 17.2 Å². The number of hydrogen-bond acceptors (Lipinski definition) is 5. The fourth-order valence-corrected chi connectivity index (χ4v) is 4.35. The molecular weight excluding hydrogens is 390 g/mol. The van der Waals surface area contributed by atoms with Crippen LogP contribution in [0.4, 0.5) is 17.1 Å². The lowest BCUT2D eigenvalue weighted by Gasteiger charge is -2.29. The molecule has 3 aromatic rings. The summed E-state index contributed by atoms with van der Waals surface area (Å²) in [7, 11) is 3.97. The monoisotopic (exact) mass is 413 g/mol. The second-order valence-electron chi connectivity index (χ2n) is 7.99. The normalized spacial score (nSPS) is 22.7. The number of amides is 2. The van der Waals surface area contributed by atoms with Gasteiger partial charge in [0.1, 0.15) is 5.92 Å². The second kappa shape index (κ2) is 7.56. The predicted octanol–water partition coefficient (Wildman–Crippen LogP) is 3.80. The third-order valence-corrected chi connectivity index (χ3v) is 5.89. The number of carbonyl (C=O) groups excluding carboxylic acids is 2. The Bertz CT molecular complexity index is 1100. The minimum Gasteiger partial charge on any atom is -0.378 e. The van der Waals surface area contributed by atoms with Gasteiger partial charge in [-0.1, -0.05) is 48.5 Å². The fourth-order valence-electron chi connectivity index (χ4n) is 4.35. The number of benzene rings is 3. The molecule has 31 heavy (non-hydrogen) atoms. The van der Waals surface area contributed by atoms with Gasteiger partial charge >= 0.3 is 0 Å². The summed E-state index contributed by atoms with van der Waals surface area (Å²) in [6, 6.07) is 26.3. The number of fused-ring (bicyclic) bond motifs is 1. The van der Waals surface area contributed by atoms with Crippen molar-refractivity contribution >= 4 is 28.9 Å². The van der Waals surface area contributed by atoms with Crippen LogP contribution in [-0.4, -0.2) is 32.0 Å². The number of nitrogens with zero attached hydrogens (tertiary/aromatic N) is 3. The third kappa shape index (κ3) is 3.16. The van der Waals surface area contributed by atoms with Gasteiger partial charge in [0.2, 0.25) is 5.91 Å². The summed E-state index contributed by atoms with van der Waals surface area (Å²) >= 11 is 0. The molecule has 2 aliphatic heterocycles. The zero-order chi connectivity index (χ0) is 21.5. The number of carbonyl (C=O) groups is 2. The van der Waals surface area contributed by atoms with Gasteiger partial charge in [0.25, 0.3) is 5.91 Å². The van der Waals surface area contributed by atoms with E-state index in [1.807, 2.05) is 91.8 Å². The minimum atomic E-state index is -0.855. The highest BCUT2D eigenvalue weighted by molar-refractivity contribution is 6.23. The van der Waals surface area contributed by atoms with Gasteiger partial charge in [-0.25, -0.2) is 9.96 Å². The average Bonchev–Trinajstić information content (AvgIpc) is 3.31. The van der Waals surface area contributed by atoms with Gasteiger partial charge in [-0.3, -0.25) is 14.4 Å². The van der Waals surface area contributed by atoms with Crippen molar-refractivity contribution in [2.24, 2.45) is 5.92 Å². The van der Waals surface area contributed by atoms with E-state index < -0.39 is 18.1 Å². The largest absolute Gasteiger partial charge is 0.378 e. The van der Waals surface area contributed by atoms with Crippen LogP contribution in [0.1, 0.15) is 11.6 Å². The number of rotatable bonds is 4. The van der Waals surface area contributed by atoms with Gasteiger partial charge in [-0.15, -0.1) is 0 Å². The maximum Gasteiger partial charge on any atom is 0.266 e. The van der Waals surface area contributed by atoms with E-state index in [0.29, 0.717) is 5.69 Å². The van der Waals surface area contributed by atoms with E-state index in [1.165, 1.54) is 4.90 Å². The van der Waals surface area contributed by atoms with Crippen molar-refractivity contribution in [2.75, 3.05) is 29.0 Å². The number of para-hydroxylation sites is 2. The van der Waals surface area contributed by atoms with Crippen LogP contribution in [0.3, 0.4) is 0 Å². The van der Waals surface area contributed by atoms with Crippen molar-refractivity contribution in [1.82, 2.24) is 0 Å². The Labute approximate surface area is 181 Å². The predicted molar refractivity (Wildman–Crippen MR) is 120 cm³/mol. The molecule has 2 amide bonds. The average molecular weight is 413 g/mol. The first-order chi connectivity index (χ1) is 15.1. The van der Waals surface area contributed by atoms with Crippen molar-refractivity contribution < 1.29 is 14.4 Å². The smallest absolute Gasteiger partial charge is 0.266 e. The molecule has 2 saturated heterocycles. The van der Waals surface area contributed by atoms with E-state index in [9.17, 15) is 9.59 Å². The first kappa shape index (κ1) is 19.3. The molecule has 0 aromatic heterocycles. The number of imide groups is 1. The summed E-state index contributed by atoms with van der Waals surface area (Å²) in [4.78, 5) is 36.2. The molecule has 5 rings (SSSR count). The van der Waals surface area contributed by atoms with Gasteiger partial charge in [0.05, 0.1) is 17.4 Å². The number of anilines is 3. The molecular formula is C25H23N3O3. The van der Waals surface area contributed by atoms with Gasteiger partial charge in [0, 0.05) is 19.8 Å². The van der Waals surface area contributed by atoms with E-state index in [0.717, 1.165) is 16.9 Å². The Balaban J connectivity index is 1.57. The molecule has 0 radical (unpaired) electrons. The van der Waals surface area contributed by atoms with Gasteiger partial charge in [-0.05, 0) is 42.0 Å². The second-order valence-corrected chi connectivity index (χ2v) is 7.99. The molecule has 6 nitrogen and oxygen atoms in total. The lowest BCUT2D eigenvalue weighted by molar-refractivity contribution is -0.126. The van der Waals surface area contributed by atoms with E-state index in [2.05, 4.69) is 0 Å².